The Balaban J connectivity index is 1.38. The molecule has 1 heterocycles. The fraction of sp³-hybridized carbons (Fsp3) is 0.140. The number of carbonyl (C=O) groups is 1. The fourth-order valence-electron chi connectivity index (χ4n) is 6.40. The number of aryl methyl sites for hydroxylation is 1. The Morgan fingerprint density at radius 1 is 0.712 bits per heavy atom. The van der Waals surface area contributed by atoms with Gasteiger partial charge in [0.1, 0.15) is 24.3 Å². The molecule has 1 atom stereocenters. The second-order valence-electron chi connectivity index (χ2n) is 12.6. The molecule has 0 saturated heterocycles. The molecule has 262 valence electrons. The number of rotatable bonds is 12. The van der Waals surface area contributed by atoms with Gasteiger partial charge in [0.15, 0.2) is 0 Å². The molecule has 0 bridgehead atoms. The van der Waals surface area contributed by atoms with Crippen molar-refractivity contribution in [3.63, 3.8) is 0 Å². The summed E-state index contributed by atoms with van der Waals surface area (Å²) in [4.78, 5) is 18.8. The van der Waals surface area contributed by atoms with Gasteiger partial charge in [-0.15, -0.1) is 0 Å². The molecule has 0 unspecified atom stereocenters. The largest absolute Gasteiger partial charge is 0.494 e. The molecular formula is C43H39N3O5S. The maximum atomic E-state index is 15.0. The lowest BCUT2D eigenvalue weighted by Gasteiger charge is -2.46. The maximum absolute atomic E-state index is 15.0. The monoisotopic (exact) mass is 709 g/mol. The third-order valence-electron chi connectivity index (χ3n) is 8.94. The molecule has 0 spiro atoms. The van der Waals surface area contributed by atoms with E-state index in [-0.39, 0.29) is 16.4 Å². The molecule has 9 heteroatoms. The highest BCUT2D eigenvalue weighted by atomic mass is 32.2. The molecule has 8 nitrogen and oxygen atoms in total. The van der Waals surface area contributed by atoms with Gasteiger partial charge in [-0.2, -0.15) is 0 Å². The fourth-order valence-corrected chi connectivity index (χ4v) is 7.48. The number of nitrogens with one attached hydrogen (secondary N) is 1. The standard InChI is InChI=1S/C43H39N3O5S/c1-3-50-36-24-22-35(23-25-36)46-42(38-16-10-11-17-41(38)51-30-33-14-8-5-9-15-33)45(29-32-12-6-4-7-13-32)40-27-26-37(28-39(40)43(46)47)52(48,49)44-34-20-18-31(2)19-21-34/h4-28,42,44H,3,29-30H2,1-2H3/t42-/m1/s1. The number of hydrogen-bond acceptors (Lipinski definition) is 6. The van der Waals surface area contributed by atoms with Crippen LogP contribution in [0.4, 0.5) is 17.1 Å². The SMILES string of the molecule is CCOc1ccc(N2C(=O)c3cc(S(=O)(=O)Nc4ccc(C)cc4)ccc3N(Cc3ccccc3)[C@H]2c2ccccc2OCc2ccccc2)cc1. The normalized spacial score (nSPS) is 14.1. The van der Waals surface area contributed by atoms with Gasteiger partial charge < -0.3 is 14.4 Å². The van der Waals surface area contributed by atoms with Crippen LogP contribution >= 0.6 is 0 Å². The molecule has 0 saturated carbocycles. The predicted octanol–water partition coefficient (Wildman–Crippen LogP) is 9.14. The van der Waals surface area contributed by atoms with Gasteiger partial charge in [-0.1, -0.05) is 96.6 Å². The summed E-state index contributed by atoms with van der Waals surface area (Å²) in [5, 5.41) is 0. The predicted molar refractivity (Wildman–Crippen MR) is 205 cm³/mol. The van der Waals surface area contributed by atoms with Crippen molar-refractivity contribution in [1.82, 2.24) is 0 Å². The summed E-state index contributed by atoms with van der Waals surface area (Å²) in [6.07, 6.45) is -0.668. The number of hydrogen-bond donors (Lipinski definition) is 1. The van der Waals surface area contributed by atoms with Crippen molar-refractivity contribution in [2.45, 2.75) is 38.1 Å². The van der Waals surface area contributed by atoms with Crippen LogP contribution in [0.5, 0.6) is 11.5 Å². The molecule has 6 aromatic carbocycles. The molecule has 0 aliphatic carbocycles. The molecular weight excluding hydrogens is 671 g/mol. The van der Waals surface area contributed by atoms with Crippen LogP contribution in [0.15, 0.2) is 157 Å². The van der Waals surface area contributed by atoms with E-state index in [4.69, 9.17) is 9.47 Å². The molecule has 7 rings (SSSR count). The molecule has 6 aromatic rings. The molecule has 1 aliphatic heterocycles. The van der Waals surface area contributed by atoms with Crippen LogP contribution in [-0.4, -0.2) is 20.9 Å². The summed E-state index contributed by atoms with van der Waals surface area (Å²) in [6.45, 7) is 5.11. The van der Waals surface area contributed by atoms with Gasteiger partial charge in [0.05, 0.1) is 22.8 Å². The first kappa shape index (κ1) is 34.4. The number of carbonyl (C=O) groups excluding carboxylic acids is 1. The minimum Gasteiger partial charge on any atom is -0.494 e. The first-order valence-electron chi connectivity index (χ1n) is 17.2. The van der Waals surface area contributed by atoms with Gasteiger partial charge >= 0.3 is 0 Å². The van der Waals surface area contributed by atoms with E-state index >= 15 is 0 Å². The van der Waals surface area contributed by atoms with E-state index < -0.39 is 16.2 Å². The lowest BCUT2D eigenvalue weighted by atomic mass is 9.98. The highest BCUT2D eigenvalue weighted by Gasteiger charge is 2.41. The Morgan fingerprint density at radius 3 is 2.06 bits per heavy atom. The van der Waals surface area contributed by atoms with Crippen molar-refractivity contribution in [2.75, 3.05) is 21.1 Å². The zero-order valence-electron chi connectivity index (χ0n) is 29.0. The van der Waals surface area contributed by atoms with Crippen LogP contribution in [0, 0.1) is 6.92 Å². The second-order valence-corrected chi connectivity index (χ2v) is 14.2. The highest BCUT2D eigenvalue weighted by Crippen LogP contribution is 2.45. The smallest absolute Gasteiger partial charge is 0.262 e. The topological polar surface area (TPSA) is 88.2 Å². The Hall–Kier alpha value is -6.06. The summed E-state index contributed by atoms with van der Waals surface area (Å²) >= 11 is 0. The van der Waals surface area contributed by atoms with Crippen molar-refractivity contribution in [2.24, 2.45) is 0 Å². The Morgan fingerprint density at radius 2 is 1.37 bits per heavy atom. The minimum atomic E-state index is -4.04. The number of sulfonamides is 1. The number of anilines is 3. The average molecular weight is 710 g/mol. The van der Waals surface area contributed by atoms with Gasteiger partial charge in [-0.3, -0.25) is 14.4 Å². The van der Waals surface area contributed by atoms with E-state index in [0.717, 1.165) is 22.3 Å². The number of amides is 1. The van der Waals surface area contributed by atoms with Gasteiger partial charge in [-0.25, -0.2) is 8.42 Å². The van der Waals surface area contributed by atoms with Crippen molar-refractivity contribution >= 4 is 33.0 Å². The third-order valence-corrected chi connectivity index (χ3v) is 10.3. The van der Waals surface area contributed by atoms with Crippen molar-refractivity contribution in [1.29, 1.82) is 0 Å². The van der Waals surface area contributed by atoms with Crippen LogP contribution in [0.25, 0.3) is 0 Å². The second kappa shape index (κ2) is 15.0. The van der Waals surface area contributed by atoms with Gasteiger partial charge in [0.25, 0.3) is 15.9 Å². The summed E-state index contributed by atoms with van der Waals surface area (Å²) < 4.78 is 42.4. The zero-order valence-corrected chi connectivity index (χ0v) is 29.8. The van der Waals surface area contributed by atoms with Crippen LogP contribution in [0.3, 0.4) is 0 Å². The molecule has 0 radical (unpaired) electrons. The number of ether oxygens (including phenoxy) is 2. The van der Waals surface area contributed by atoms with Gasteiger partial charge in [-0.05, 0) is 85.6 Å². The summed E-state index contributed by atoms with van der Waals surface area (Å²) in [5.74, 6) is 0.956. The number of para-hydroxylation sites is 1. The van der Waals surface area contributed by atoms with Gasteiger partial charge in [0, 0.05) is 23.5 Å². The van der Waals surface area contributed by atoms with Crippen LogP contribution in [-0.2, 0) is 23.2 Å². The lowest BCUT2D eigenvalue weighted by Crippen LogP contribution is -2.49. The molecule has 0 aromatic heterocycles. The quantitative estimate of drug-likeness (QED) is 0.136. The summed E-state index contributed by atoms with van der Waals surface area (Å²) in [7, 11) is -4.04. The summed E-state index contributed by atoms with van der Waals surface area (Å²) in [5.41, 5.74) is 5.73. The Labute approximate surface area is 304 Å². The van der Waals surface area contributed by atoms with Gasteiger partial charge in [0.2, 0.25) is 0 Å². The molecule has 1 N–H and O–H groups in total. The van der Waals surface area contributed by atoms with Crippen molar-refractivity contribution in [3.05, 3.63) is 179 Å². The van der Waals surface area contributed by atoms with E-state index in [1.807, 2.05) is 135 Å². The molecule has 0 fully saturated rings. The van der Waals surface area contributed by atoms with Crippen LogP contribution in [0.2, 0.25) is 0 Å². The van der Waals surface area contributed by atoms with E-state index in [2.05, 4.69) is 9.62 Å². The van der Waals surface area contributed by atoms with E-state index in [1.54, 1.807) is 29.2 Å². The number of nitrogens with zero attached hydrogens (tertiary/aromatic N) is 2. The number of benzene rings is 6. The van der Waals surface area contributed by atoms with Crippen molar-refractivity contribution in [3.8, 4) is 11.5 Å². The highest BCUT2D eigenvalue weighted by molar-refractivity contribution is 7.92. The van der Waals surface area contributed by atoms with Crippen LogP contribution in [0.1, 0.15) is 45.7 Å². The average Bonchev–Trinajstić information content (AvgIpc) is 3.17. The van der Waals surface area contributed by atoms with Crippen LogP contribution < -0.4 is 24.0 Å². The molecule has 52 heavy (non-hydrogen) atoms. The third kappa shape index (κ3) is 7.36. The molecule has 1 amide bonds. The lowest BCUT2D eigenvalue weighted by molar-refractivity contribution is 0.0967. The first-order valence-corrected chi connectivity index (χ1v) is 18.7. The minimum absolute atomic E-state index is 0.0171. The molecule has 1 aliphatic rings. The van der Waals surface area contributed by atoms with E-state index in [0.29, 0.717) is 48.3 Å². The number of fused-ring (bicyclic) bond motifs is 1. The summed E-state index contributed by atoms with van der Waals surface area (Å²) in [6, 6.07) is 47.0. The maximum Gasteiger partial charge on any atom is 0.262 e. The van der Waals surface area contributed by atoms with E-state index in [9.17, 15) is 13.2 Å². The Bertz CT molecular complexity index is 2260. The van der Waals surface area contributed by atoms with E-state index in [1.165, 1.54) is 6.07 Å². The first-order chi connectivity index (χ1) is 25.3. The Kier molecular flexibility index (Phi) is 9.95. The van der Waals surface area contributed by atoms with Crippen molar-refractivity contribution < 1.29 is 22.7 Å². The zero-order chi connectivity index (χ0) is 36.1.